The van der Waals surface area contributed by atoms with Crippen molar-refractivity contribution < 1.29 is 14.3 Å². The van der Waals surface area contributed by atoms with E-state index in [1.165, 1.54) is 0 Å². The molecule has 2 aliphatic rings. The van der Waals surface area contributed by atoms with Crippen molar-refractivity contribution in [3.63, 3.8) is 0 Å². The maximum Gasteiger partial charge on any atom is 0.248 e. The fourth-order valence-electron chi connectivity index (χ4n) is 3.50. The van der Waals surface area contributed by atoms with E-state index in [4.69, 9.17) is 4.74 Å². The highest BCUT2D eigenvalue weighted by molar-refractivity contribution is 5.98. The Balaban J connectivity index is 2.08. The van der Waals surface area contributed by atoms with Gasteiger partial charge in [-0.3, -0.25) is 9.59 Å². The minimum absolute atomic E-state index is 0.0148. The van der Waals surface area contributed by atoms with Gasteiger partial charge in [-0.15, -0.1) is 0 Å². The third-order valence-electron chi connectivity index (χ3n) is 4.72. The summed E-state index contributed by atoms with van der Waals surface area (Å²) < 4.78 is 5.14. The van der Waals surface area contributed by atoms with Crippen LogP contribution in [0.3, 0.4) is 0 Å². The SMILES string of the molecule is COCCC(C)(C)CN1CC(=O)NC2(CCCCC2)C1=O. The highest BCUT2D eigenvalue weighted by Gasteiger charge is 2.47. The average Bonchev–Trinajstić information content (AvgIpc) is 2.43. The van der Waals surface area contributed by atoms with Crippen LogP contribution >= 0.6 is 0 Å². The molecular formula is C16H28N2O3. The van der Waals surface area contributed by atoms with Crippen LogP contribution in [-0.2, 0) is 14.3 Å². The van der Waals surface area contributed by atoms with Gasteiger partial charge < -0.3 is 15.0 Å². The zero-order valence-electron chi connectivity index (χ0n) is 13.5. The van der Waals surface area contributed by atoms with Crippen LogP contribution in [0.5, 0.6) is 0 Å². The summed E-state index contributed by atoms with van der Waals surface area (Å²) in [5, 5.41) is 2.99. The molecule has 0 aromatic rings. The first-order chi connectivity index (χ1) is 9.88. The van der Waals surface area contributed by atoms with E-state index in [-0.39, 0.29) is 23.8 Å². The molecule has 1 spiro atoms. The Labute approximate surface area is 127 Å². The molecule has 21 heavy (non-hydrogen) atoms. The van der Waals surface area contributed by atoms with E-state index in [9.17, 15) is 9.59 Å². The van der Waals surface area contributed by atoms with Crippen LogP contribution in [0, 0.1) is 5.41 Å². The molecule has 1 saturated carbocycles. The van der Waals surface area contributed by atoms with Gasteiger partial charge in [-0.2, -0.15) is 0 Å². The smallest absolute Gasteiger partial charge is 0.248 e. The van der Waals surface area contributed by atoms with Gasteiger partial charge in [-0.05, 0) is 24.7 Å². The molecule has 0 bridgehead atoms. The van der Waals surface area contributed by atoms with E-state index in [0.29, 0.717) is 13.2 Å². The topological polar surface area (TPSA) is 58.6 Å². The number of ether oxygens (including phenoxy) is 1. The lowest BCUT2D eigenvalue weighted by molar-refractivity contribution is -0.153. The molecule has 0 atom stereocenters. The van der Waals surface area contributed by atoms with Gasteiger partial charge in [0.1, 0.15) is 5.54 Å². The summed E-state index contributed by atoms with van der Waals surface area (Å²) in [6.45, 7) is 5.73. The van der Waals surface area contributed by atoms with Gasteiger partial charge in [0.25, 0.3) is 0 Å². The predicted octanol–water partition coefficient (Wildman–Crippen LogP) is 1.71. The summed E-state index contributed by atoms with van der Waals surface area (Å²) in [5.41, 5.74) is -0.663. The summed E-state index contributed by atoms with van der Waals surface area (Å²) in [4.78, 5) is 26.7. The van der Waals surface area contributed by atoms with Gasteiger partial charge in [-0.1, -0.05) is 33.1 Å². The highest BCUT2D eigenvalue weighted by Crippen LogP contribution is 2.33. The van der Waals surface area contributed by atoms with Crippen molar-refractivity contribution in [3.8, 4) is 0 Å². The zero-order valence-corrected chi connectivity index (χ0v) is 13.5. The molecule has 1 aliphatic carbocycles. The summed E-state index contributed by atoms with van der Waals surface area (Å²) in [5.74, 6) is 0.103. The molecule has 5 heteroatoms. The van der Waals surface area contributed by atoms with Crippen molar-refractivity contribution in [3.05, 3.63) is 0 Å². The van der Waals surface area contributed by atoms with Crippen molar-refractivity contribution in [1.82, 2.24) is 10.2 Å². The standard InChI is InChI=1S/C16H28N2O3/c1-15(2,9-10-21-3)12-18-11-13(19)17-16(14(18)20)7-5-4-6-8-16/h4-12H2,1-3H3,(H,17,19). The first-order valence-corrected chi connectivity index (χ1v) is 7.98. The number of rotatable bonds is 5. The summed E-state index contributed by atoms with van der Waals surface area (Å²) in [7, 11) is 1.69. The molecular weight excluding hydrogens is 268 g/mol. The van der Waals surface area contributed by atoms with Gasteiger partial charge in [0.2, 0.25) is 11.8 Å². The minimum Gasteiger partial charge on any atom is -0.385 e. The Kier molecular flexibility index (Phi) is 4.91. The molecule has 2 amide bonds. The van der Waals surface area contributed by atoms with Crippen LogP contribution < -0.4 is 5.32 Å². The number of nitrogens with one attached hydrogen (secondary N) is 1. The van der Waals surface area contributed by atoms with Crippen LogP contribution in [-0.4, -0.2) is 49.1 Å². The van der Waals surface area contributed by atoms with E-state index < -0.39 is 5.54 Å². The first-order valence-electron chi connectivity index (χ1n) is 7.98. The second kappa shape index (κ2) is 6.34. The number of nitrogens with zero attached hydrogens (tertiary/aromatic N) is 1. The van der Waals surface area contributed by atoms with Crippen molar-refractivity contribution in [2.75, 3.05) is 26.8 Å². The molecule has 1 aliphatic heterocycles. The van der Waals surface area contributed by atoms with Crippen LogP contribution in [0.15, 0.2) is 0 Å². The number of carbonyl (C=O) groups excluding carboxylic acids is 2. The molecule has 0 radical (unpaired) electrons. The van der Waals surface area contributed by atoms with E-state index in [1.54, 1.807) is 12.0 Å². The number of carbonyl (C=O) groups is 2. The van der Waals surface area contributed by atoms with E-state index in [2.05, 4.69) is 19.2 Å². The maximum atomic E-state index is 12.9. The monoisotopic (exact) mass is 296 g/mol. The third-order valence-corrected chi connectivity index (χ3v) is 4.72. The third kappa shape index (κ3) is 3.76. The number of piperazine rings is 1. The van der Waals surface area contributed by atoms with E-state index in [0.717, 1.165) is 38.5 Å². The molecule has 2 fully saturated rings. The van der Waals surface area contributed by atoms with Crippen molar-refractivity contribution in [2.45, 2.75) is 57.9 Å². The number of methoxy groups -OCH3 is 1. The lowest BCUT2D eigenvalue weighted by Gasteiger charge is -2.46. The summed E-state index contributed by atoms with van der Waals surface area (Å²) in [6.07, 6.45) is 5.64. The van der Waals surface area contributed by atoms with E-state index >= 15 is 0 Å². The quantitative estimate of drug-likeness (QED) is 0.840. The normalized spacial score (nSPS) is 22.5. The van der Waals surface area contributed by atoms with Gasteiger partial charge in [0.05, 0.1) is 6.54 Å². The van der Waals surface area contributed by atoms with Gasteiger partial charge in [0.15, 0.2) is 0 Å². The number of hydrogen-bond donors (Lipinski definition) is 1. The Hall–Kier alpha value is -1.10. The Bertz CT molecular complexity index is 400. The summed E-state index contributed by atoms with van der Waals surface area (Å²) >= 11 is 0. The lowest BCUT2D eigenvalue weighted by Crippen LogP contribution is -2.68. The molecule has 0 aromatic carbocycles. The summed E-state index contributed by atoms with van der Waals surface area (Å²) in [6, 6.07) is 0. The average molecular weight is 296 g/mol. The molecule has 0 aromatic heterocycles. The van der Waals surface area contributed by atoms with Gasteiger partial charge in [0, 0.05) is 20.3 Å². The van der Waals surface area contributed by atoms with Crippen LogP contribution in [0.25, 0.3) is 0 Å². The first kappa shape index (κ1) is 16.3. The minimum atomic E-state index is -0.620. The fourth-order valence-corrected chi connectivity index (χ4v) is 3.50. The molecule has 0 unspecified atom stereocenters. The number of amides is 2. The molecule has 2 rings (SSSR count). The van der Waals surface area contributed by atoms with Gasteiger partial charge in [-0.25, -0.2) is 0 Å². The fraction of sp³-hybridized carbons (Fsp3) is 0.875. The predicted molar refractivity (Wildman–Crippen MR) is 80.8 cm³/mol. The zero-order chi connectivity index (χ0) is 15.5. The van der Waals surface area contributed by atoms with Crippen molar-refractivity contribution in [2.24, 2.45) is 5.41 Å². The van der Waals surface area contributed by atoms with Gasteiger partial charge >= 0.3 is 0 Å². The Morgan fingerprint density at radius 3 is 2.52 bits per heavy atom. The van der Waals surface area contributed by atoms with E-state index in [1.807, 2.05) is 0 Å². The number of hydrogen-bond acceptors (Lipinski definition) is 3. The Morgan fingerprint density at radius 2 is 1.90 bits per heavy atom. The molecule has 5 nitrogen and oxygen atoms in total. The molecule has 120 valence electrons. The van der Waals surface area contributed by atoms with Crippen molar-refractivity contribution >= 4 is 11.8 Å². The highest BCUT2D eigenvalue weighted by atomic mass is 16.5. The van der Waals surface area contributed by atoms with Crippen LogP contribution in [0.2, 0.25) is 0 Å². The molecule has 1 heterocycles. The second-order valence-corrected chi connectivity index (χ2v) is 7.26. The lowest BCUT2D eigenvalue weighted by atomic mass is 9.78. The van der Waals surface area contributed by atoms with Crippen LogP contribution in [0.1, 0.15) is 52.4 Å². The largest absolute Gasteiger partial charge is 0.385 e. The Morgan fingerprint density at radius 1 is 1.24 bits per heavy atom. The van der Waals surface area contributed by atoms with Crippen LogP contribution in [0.4, 0.5) is 0 Å². The maximum absolute atomic E-state index is 12.9. The molecule has 1 N–H and O–H groups in total. The molecule has 1 saturated heterocycles. The second-order valence-electron chi connectivity index (χ2n) is 7.26. The van der Waals surface area contributed by atoms with Crippen molar-refractivity contribution in [1.29, 1.82) is 0 Å².